The van der Waals surface area contributed by atoms with E-state index in [1.165, 1.54) is 18.2 Å². The minimum atomic E-state index is -1.17. The Morgan fingerprint density at radius 1 is 1.24 bits per heavy atom. The minimum Gasteiger partial charge on any atom is -0.488 e. The highest BCUT2D eigenvalue weighted by atomic mass is 35.5. The number of nitrogens with zero attached hydrogens (tertiary/aromatic N) is 1. The highest BCUT2D eigenvalue weighted by Gasteiger charge is 2.16. The van der Waals surface area contributed by atoms with Gasteiger partial charge in [-0.3, -0.25) is 0 Å². The SMILES string of the molecule is N#Cc1ccc(COc2cccc(Cl)c2C(=O)O)c(Cl)c1. The Labute approximate surface area is 131 Å². The Bertz CT molecular complexity index is 738. The van der Waals surface area contributed by atoms with Gasteiger partial charge in [0.05, 0.1) is 16.7 Å². The number of carboxylic acids is 1. The number of nitriles is 1. The molecule has 0 bridgehead atoms. The molecule has 1 N–H and O–H groups in total. The van der Waals surface area contributed by atoms with Crippen LogP contribution in [0.3, 0.4) is 0 Å². The molecule has 2 aromatic carbocycles. The lowest BCUT2D eigenvalue weighted by atomic mass is 10.1. The zero-order valence-electron chi connectivity index (χ0n) is 10.6. The monoisotopic (exact) mass is 321 g/mol. The van der Waals surface area contributed by atoms with Gasteiger partial charge in [-0.2, -0.15) is 5.26 Å². The second kappa shape index (κ2) is 6.49. The molecule has 0 amide bonds. The Balaban J connectivity index is 2.23. The molecule has 0 atom stereocenters. The van der Waals surface area contributed by atoms with E-state index in [4.69, 9.17) is 38.3 Å². The summed E-state index contributed by atoms with van der Waals surface area (Å²) in [6, 6.07) is 11.4. The first-order valence-corrected chi connectivity index (χ1v) is 6.61. The van der Waals surface area contributed by atoms with Gasteiger partial charge in [-0.15, -0.1) is 0 Å². The predicted molar refractivity (Wildman–Crippen MR) is 78.9 cm³/mol. The van der Waals surface area contributed by atoms with Crippen LogP contribution in [0.4, 0.5) is 0 Å². The maximum Gasteiger partial charge on any atom is 0.341 e. The average Bonchev–Trinajstić information content (AvgIpc) is 2.45. The van der Waals surface area contributed by atoms with Crippen molar-refractivity contribution in [2.75, 3.05) is 0 Å². The zero-order valence-corrected chi connectivity index (χ0v) is 12.1. The molecule has 0 unspecified atom stereocenters. The first-order chi connectivity index (χ1) is 10.0. The molecular weight excluding hydrogens is 313 g/mol. The lowest BCUT2D eigenvalue weighted by Gasteiger charge is -2.11. The number of ether oxygens (including phenoxy) is 1. The van der Waals surface area contributed by atoms with Crippen LogP contribution in [0, 0.1) is 11.3 Å². The lowest BCUT2D eigenvalue weighted by Crippen LogP contribution is -2.04. The van der Waals surface area contributed by atoms with Crippen molar-refractivity contribution in [2.24, 2.45) is 0 Å². The fraction of sp³-hybridized carbons (Fsp3) is 0.0667. The van der Waals surface area contributed by atoms with Crippen LogP contribution in [0.2, 0.25) is 10.0 Å². The molecule has 2 aromatic rings. The fourth-order valence-corrected chi connectivity index (χ4v) is 2.20. The van der Waals surface area contributed by atoms with Crippen molar-refractivity contribution in [1.29, 1.82) is 5.26 Å². The second-order valence-electron chi connectivity index (χ2n) is 4.12. The van der Waals surface area contributed by atoms with Crippen LogP contribution in [0.25, 0.3) is 0 Å². The van der Waals surface area contributed by atoms with E-state index in [-0.39, 0.29) is 22.9 Å². The van der Waals surface area contributed by atoms with Crippen molar-refractivity contribution >= 4 is 29.2 Å². The third kappa shape index (κ3) is 3.46. The Hall–Kier alpha value is -2.22. The summed E-state index contributed by atoms with van der Waals surface area (Å²) < 4.78 is 5.49. The van der Waals surface area contributed by atoms with Crippen molar-refractivity contribution in [3.05, 3.63) is 63.1 Å². The van der Waals surface area contributed by atoms with Gasteiger partial charge in [-0.1, -0.05) is 35.3 Å². The Morgan fingerprint density at radius 3 is 2.62 bits per heavy atom. The third-order valence-electron chi connectivity index (χ3n) is 2.75. The molecule has 2 rings (SSSR count). The number of halogens is 2. The quantitative estimate of drug-likeness (QED) is 0.918. The number of carboxylic acid groups (broad SMARTS) is 1. The molecule has 0 heterocycles. The molecule has 0 aliphatic carbocycles. The van der Waals surface area contributed by atoms with Gasteiger partial charge in [-0.05, 0) is 24.3 Å². The molecule has 0 aliphatic rings. The van der Waals surface area contributed by atoms with Crippen molar-refractivity contribution in [3.8, 4) is 11.8 Å². The number of rotatable bonds is 4. The van der Waals surface area contributed by atoms with Crippen molar-refractivity contribution < 1.29 is 14.6 Å². The standard InChI is InChI=1S/C15H9Cl2NO3/c16-11-2-1-3-13(14(11)15(19)20)21-8-10-5-4-9(7-18)6-12(10)17/h1-6H,8H2,(H,19,20). The largest absolute Gasteiger partial charge is 0.488 e. The summed E-state index contributed by atoms with van der Waals surface area (Å²) >= 11 is 11.9. The van der Waals surface area contributed by atoms with Gasteiger partial charge in [0.15, 0.2) is 0 Å². The number of aromatic carboxylic acids is 1. The van der Waals surface area contributed by atoms with Crippen LogP contribution >= 0.6 is 23.2 Å². The molecule has 0 aliphatic heterocycles. The molecule has 0 saturated heterocycles. The number of hydrogen-bond acceptors (Lipinski definition) is 3. The molecular formula is C15H9Cl2NO3. The van der Waals surface area contributed by atoms with Crippen molar-refractivity contribution in [3.63, 3.8) is 0 Å². The molecule has 0 spiro atoms. The first kappa shape index (κ1) is 15.2. The van der Waals surface area contributed by atoms with Gasteiger partial charge in [0, 0.05) is 10.6 Å². The number of hydrogen-bond donors (Lipinski definition) is 1. The number of benzene rings is 2. The molecule has 4 nitrogen and oxygen atoms in total. The van der Waals surface area contributed by atoms with E-state index >= 15 is 0 Å². The van der Waals surface area contributed by atoms with Crippen LogP contribution in [0.15, 0.2) is 36.4 Å². The van der Waals surface area contributed by atoms with Gasteiger partial charge in [0.1, 0.15) is 17.9 Å². The van der Waals surface area contributed by atoms with Crippen LogP contribution in [0.1, 0.15) is 21.5 Å². The van der Waals surface area contributed by atoms with Gasteiger partial charge >= 0.3 is 5.97 Å². The average molecular weight is 322 g/mol. The van der Waals surface area contributed by atoms with Gasteiger partial charge in [-0.25, -0.2) is 4.79 Å². The normalized spacial score (nSPS) is 9.95. The van der Waals surface area contributed by atoms with E-state index in [1.54, 1.807) is 18.2 Å². The van der Waals surface area contributed by atoms with Gasteiger partial charge in [0.2, 0.25) is 0 Å². The third-order valence-corrected chi connectivity index (χ3v) is 3.42. The maximum atomic E-state index is 11.2. The van der Waals surface area contributed by atoms with Crippen molar-refractivity contribution in [1.82, 2.24) is 0 Å². The smallest absolute Gasteiger partial charge is 0.341 e. The molecule has 106 valence electrons. The van der Waals surface area contributed by atoms with Crippen LogP contribution in [0.5, 0.6) is 5.75 Å². The van der Waals surface area contributed by atoms with E-state index < -0.39 is 5.97 Å². The van der Waals surface area contributed by atoms with Crippen LogP contribution < -0.4 is 4.74 Å². The summed E-state index contributed by atoms with van der Waals surface area (Å²) in [7, 11) is 0. The highest BCUT2D eigenvalue weighted by molar-refractivity contribution is 6.34. The lowest BCUT2D eigenvalue weighted by molar-refractivity contribution is 0.0692. The van der Waals surface area contributed by atoms with Crippen LogP contribution in [-0.2, 0) is 6.61 Å². The summed E-state index contributed by atoms with van der Waals surface area (Å²) in [4.78, 5) is 11.2. The molecule has 0 saturated carbocycles. The molecule has 0 aromatic heterocycles. The fourth-order valence-electron chi connectivity index (χ4n) is 1.72. The van der Waals surface area contributed by atoms with Gasteiger partial charge < -0.3 is 9.84 Å². The van der Waals surface area contributed by atoms with Crippen LogP contribution in [-0.4, -0.2) is 11.1 Å². The van der Waals surface area contributed by atoms with E-state index in [2.05, 4.69) is 0 Å². The molecule has 0 fully saturated rings. The molecule has 21 heavy (non-hydrogen) atoms. The predicted octanol–water partition coefficient (Wildman–Crippen LogP) is 4.14. The summed E-state index contributed by atoms with van der Waals surface area (Å²) in [6.07, 6.45) is 0. The van der Waals surface area contributed by atoms with E-state index in [9.17, 15) is 4.79 Å². The summed E-state index contributed by atoms with van der Waals surface area (Å²) in [5.74, 6) is -1.00. The second-order valence-corrected chi connectivity index (χ2v) is 4.94. The van der Waals surface area contributed by atoms with E-state index in [0.717, 1.165) is 0 Å². The number of carbonyl (C=O) groups is 1. The Morgan fingerprint density at radius 2 is 2.00 bits per heavy atom. The molecule has 6 heteroatoms. The van der Waals surface area contributed by atoms with Gasteiger partial charge in [0.25, 0.3) is 0 Å². The highest BCUT2D eigenvalue weighted by Crippen LogP contribution is 2.28. The minimum absolute atomic E-state index is 0.0746. The van der Waals surface area contributed by atoms with E-state index in [0.29, 0.717) is 16.1 Å². The topological polar surface area (TPSA) is 70.3 Å². The maximum absolute atomic E-state index is 11.2. The van der Waals surface area contributed by atoms with E-state index in [1.807, 2.05) is 6.07 Å². The first-order valence-electron chi connectivity index (χ1n) is 5.86. The summed E-state index contributed by atoms with van der Waals surface area (Å²) in [5, 5.41) is 18.4. The Kier molecular flexibility index (Phi) is 4.69. The molecule has 0 radical (unpaired) electrons. The van der Waals surface area contributed by atoms with Crippen molar-refractivity contribution in [2.45, 2.75) is 6.61 Å². The summed E-state index contributed by atoms with van der Waals surface area (Å²) in [6.45, 7) is 0.0746. The summed E-state index contributed by atoms with van der Waals surface area (Å²) in [5.41, 5.74) is 0.994. The zero-order chi connectivity index (χ0) is 15.4.